The first-order chi connectivity index (χ1) is 14.4. The molecule has 1 aromatic heterocycles. The van der Waals surface area contributed by atoms with E-state index in [2.05, 4.69) is 91.3 Å². The van der Waals surface area contributed by atoms with E-state index in [9.17, 15) is 4.79 Å². The minimum Gasteiger partial charge on any atom is -0.478 e. The van der Waals surface area contributed by atoms with E-state index in [-0.39, 0.29) is 6.04 Å². The number of fused-ring (bicyclic) bond motifs is 1. The molecule has 0 aliphatic heterocycles. The van der Waals surface area contributed by atoms with Gasteiger partial charge in [0.1, 0.15) is 0 Å². The van der Waals surface area contributed by atoms with E-state index in [1.54, 1.807) is 0 Å². The van der Waals surface area contributed by atoms with Crippen LogP contribution in [0.25, 0.3) is 16.5 Å². The van der Waals surface area contributed by atoms with Gasteiger partial charge in [-0.25, -0.2) is 4.79 Å². The molecule has 0 aliphatic carbocycles. The van der Waals surface area contributed by atoms with E-state index < -0.39 is 5.97 Å². The van der Waals surface area contributed by atoms with Crippen LogP contribution in [-0.2, 0) is 4.79 Å². The lowest BCUT2D eigenvalue weighted by atomic mass is 9.96. The lowest BCUT2D eigenvalue weighted by Gasteiger charge is -2.22. The summed E-state index contributed by atoms with van der Waals surface area (Å²) < 4.78 is 2.30. The molecule has 150 valence electrons. The van der Waals surface area contributed by atoms with Crippen molar-refractivity contribution >= 4 is 22.4 Å². The highest BCUT2D eigenvalue weighted by atomic mass is 16.4. The molecule has 4 rings (SSSR count). The minimum atomic E-state index is -0.927. The largest absolute Gasteiger partial charge is 0.478 e. The van der Waals surface area contributed by atoms with Crippen LogP contribution in [0.15, 0.2) is 85.1 Å². The smallest absolute Gasteiger partial charge is 0.328 e. The summed E-state index contributed by atoms with van der Waals surface area (Å²) in [6, 6.07) is 25.7. The zero-order chi connectivity index (χ0) is 21.3. The van der Waals surface area contributed by atoms with Gasteiger partial charge in [0.05, 0.1) is 6.04 Å². The van der Waals surface area contributed by atoms with E-state index in [1.165, 1.54) is 28.3 Å². The third kappa shape index (κ3) is 3.92. The van der Waals surface area contributed by atoms with E-state index in [0.717, 1.165) is 22.0 Å². The summed E-state index contributed by atoms with van der Waals surface area (Å²) in [6.07, 6.45) is 3.37. The lowest BCUT2D eigenvalue weighted by molar-refractivity contribution is -0.131. The molecule has 1 heterocycles. The van der Waals surface area contributed by atoms with Gasteiger partial charge in [0.25, 0.3) is 0 Å². The summed E-state index contributed by atoms with van der Waals surface area (Å²) in [5, 5.41) is 10.1. The van der Waals surface area contributed by atoms with Gasteiger partial charge in [0.15, 0.2) is 0 Å². The molecule has 0 atom stereocenters. The molecule has 3 nitrogen and oxygen atoms in total. The number of nitrogens with zero attached hydrogens (tertiary/aromatic N) is 1. The van der Waals surface area contributed by atoms with Gasteiger partial charge in [-0.3, -0.25) is 0 Å². The number of aromatic nitrogens is 1. The second-order valence-corrected chi connectivity index (χ2v) is 7.89. The Hall–Kier alpha value is -3.59. The van der Waals surface area contributed by atoms with Crippen LogP contribution in [0.1, 0.15) is 40.8 Å². The molecule has 0 spiro atoms. The zero-order valence-corrected chi connectivity index (χ0v) is 17.5. The van der Waals surface area contributed by atoms with Crippen molar-refractivity contribution in [3.8, 4) is 0 Å². The SMILES string of the molecule is C/C(=C\C(=O)O)c1ccc2c(ccn2C(c2ccc(C)cc2)c2ccc(C)cc2)c1. The summed E-state index contributed by atoms with van der Waals surface area (Å²) >= 11 is 0. The van der Waals surface area contributed by atoms with Gasteiger partial charge in [0.2, 0.25) is 0 Å². The summed E-state index contributed by atoms with van der Waals surface area (Å²) in [5.74, 6) is -0.927. The van der Waals surface area contributed by atoms with Crippen molar-refractivity contribution in [3.63, 3.8) is 0 Å². The molecule has 0 radical (unpaired) electrons. The molecular formula is C27H25NO2. The highest BCUT2D eigenvalue weighted by Crippen LogP contribution is 2.32. The molecule has 0 unspecified atom stereocenters. The van der Waals surface area contributed by atoms with Crippen LogP contribution >= 0.6 is 0 Å². The molecule has 0 aliphatic rings. The number of aliphatic carboxylic acids is 1. The predicted octanol–water partition coefficient (Wildman–Crippen LogP) is 6.38. The Balaban J connectivity index is 1.85. The first-order valence-corrected chi connectivity index (χ1v) is 10.1. The summed E-state index contributed by atoms with van der Waals surface area (Å²) in [4.78, 5) is 11.0. The normalized spacial score (nSPS) is 11.9. The fourth-order valence-corrected chi connectivity index (χ4v) is 3.91. The number of carbonyl (C=O) groups is 1. The van der Waals surface area contributed by atoms with Crippen molar-refractivity contribution in [2.24, 2.45) is 0 Å². The number of carboxylic acids is 1. The average Bonchev–Trinajstić information content (AvgIpc) is 3.13. The van der Waals surface area contributed by atoms with Crippen LogP contribution in [-0.4, -0.2) is 15.6 Å². The molecule has 0 bridgehead atoms. The lowest BCUT2D eigenvalue weighted by Crippen LogP contribution is -2.11. The number of allylic oxidation sites excluding steroid dienone is 1. The third-order valence-corrected chi connectivity index (χ3v) is 5.58. The van der Waals surface area contributed by atoms with E-state index in [1.807, 2.05) is 13.0 Å². The van der Waals surface area contributed by atoms with Crippen LogP contribution in [0.3, 0.4) is 0 Å². The molecule has 0 saturated heterocycles. The summed E-state index contributed by atoms with van der Waals surface area (Å²) in [6.45, 7) is 6.03. The second kappa shape index (κ2) is 8.03. The Morgan fingerprint density at radius 1 is 0.867 bits per heavy atom. The Labute approximate surface area is 176 Å². The average molecular weight is 396 g/mol. The van der Waals surface area contributed by atoms with Crippen molar-refractivity contribution in [2.45, 2.75) is 26.8 Å². The van der Waals surface area contributed by atoms with Gasteiger partial charge in [-0.2, -0.15) is 0 Å². The fourth-order valence-electron chi connectivity index (χ4n) is 3.91. The minimum absolute atomic E-state index is 0.0604. The number of rotatable bonds is 5. The molecule has 1 N–H and O–H groups in total. The van der Waals surface area contributed by atoms with Gasteiger partial charge in [-0.1, -0.05) is 65.7 Å². The van der Waals surface area contributed by atoms with Gasteiger partial charge >= 0.3 is 5.97 Å². The van der Waals surface area contributed by atoms with Gasteiger partial charge in [-0.15, -0.1) is 0 Å². The topological polar surface area (TPSA) is 42.2 Å². The number of benzene rings is 3. The first kappa shape index (κ1) is 19.7. The van der Waals surface area contributed by atoms with E-state index >= 15 is 0 Å². The number of hydrogen-bond acceptors (Lipinski definition) is 1. The summed E-state index contributed by atoms with van der Waals surface area (Å²) in [7, 11) is 0. The van der Waals surface area contributed by atoms with Gasteiger partial charge in [0, 0.05) is 23.2 Å². The fraction of sp³-hybridized carbons (Fsp3) is 0.148. The molecule has 0 fully saturated rings. The Bertz CT molecular complexity index is 1180. The van der Waals surface area contributed by atoms with Crippen LogP contribution in [0, 0.1) is 13.8 Å². The van der Waals surface area contributed by atoms with Gasteiger partial charge in [-0.05, 0) is 61.2 Å². The first-order valence-electron chi connectivity index (χ1n) is 10.1. The monoisotopic (exact) mass is 395 g/mol. The maximum absolute atomic E-state index is 11.0. The molecule has 3 heteroatoms. The van der Waals surface area contributed by atoms with Crippen LogP contribution in [0.2, 0.25) is 0 Å². The highest BCUT2D eigenvalue weighted by molar-refractivity contribution is 5.92. The Morgan fingerprint density at radius 2 is 1.43 bits per heavy atom. The molecule has 30 heavy (non-hydrogen) atoms. The zero-order valence-electron chi connectivity index (χ0n) is 17.5. The standard InChI is InChI=1S/C27H25NO2/c1-18-4-8-21(9-5-18)27(22-10-6-19(2)7-11-22)28-15-14-24-17-23(12-13-25(24)28)20(3)16-26(29)30/h4-17,27H,1-3H3,(H,29,30)/b20-16+. The van der Waals surface area contributed by atoms with E-state index in [4.69, 9.17) is 5.11 Å². The Kier molecular flexibility index (Phi) is 5.28. The number of hydrogen-bond donors (Lipinski definition) is 1. The third-order valence-electron chi connectivity index (χ3n) is 5.58. The van der Waals surface area contributed by atoms with Crippen LogP contribution < -0.4 is 0 Å². The molecule has 3 aromatic carbocycles. The Morgan fingerprint density at radius 3 is 1.97 bits per heavy atom. The maximum atomic E-state index is 11.0. The van der Waals surface area contributed by atoms with Crippen molar-refractivity contribution in [1.29, 1.82) is 0 Å². The van der Waals surface area contributed by atoms with Crippen LogP contribution in [0.5, 0.6) is 0 Å². The predicted molar refractivity (Wildman–Crippen MR) is 123 cm³/mol. The van der Waals surface area contributed by atoms with Crippen molar-refractivity contribution in [1.82, 2.24) is 4.57 Å². The number of carboxylic acid groups (broad SMARTS) is 1. The highest BCUT2D eigenvalue weighted by Gasteiger charge is 2.18. The van der Waals surface area contributed by atoms with E-state index in [0.29, 0.717) is 0 Å². The second-order valence-electron chi connectivity index (χ2n) is 7.89. The van der Waals surface area contributed by atoms with Crippen molar-refractivity contribution < 1.29 is 9.90 Å². The van der Waals surface area contributed by atoms with Crippen LogP contribution in [0.4, 0.5) is 0 Å². The molecule has 0 amide bonds. The quantitative estimate of drug-likeness (QED) is 0.398. The van der Waals surface area contributed by atoms with Crippen molar-refractivity contribution in [3.05, 3.63) is 113 Å². The van der Waals surface area contributed by atoms with Gasteiger partial charge < -0.3 is 9.67 Å². The maximum Gasteiger partial charge on any atom is 0.328 e. The number of aryl methyl sites for hydroxylation is 2. The van der Waals surface area contributed by atoms with Crippen molar-refractivity contribution in [2.75, 3.05) is 0 Å². The molecule has 0 saturated carbocycles. The molecular weight excluding hydrogens is 370 g/mol. The molecule has 4 aromatic rings. The summed E-state index contributed by atoms with van der Waals surface area (Å²) in [5.41, 5.74) is 7.72.